The Morgan fingerprint density at radius 3 is 2.61 bits per heavy atom. The Balaban J connectivity index is 2.15. The molecule has 0 spiro atoms. The third-order valence-corrected chi connectivity index (χ3v) is 3.45. The molecule has 0 saturated heterocycles. The van der Waals surface area contributed by atoms with Crippen LogP contribution in [0, 0.1) is 0 Å². The number of rotatable bonds is 4. The van der Waals surface area contributed by atoms with Gasteiger partial charge in [0.05, 0.1) is 0 Å². The quantitative estimate of drug-likeness (QED) is 0.916. The first-order valence-electron chi connectivity index (χ1n) is 5.55. The van der Waals surface area contributed by atoms with Gasteiger partial charge in [0.1, 0.15) is 12.4 Å². The summed E-state index contributed by atoms with van der Waals surface area (Å²) in [4.78, 5) is 0. The van der Waals surface area contributed by atoms with Crippen LogP contribution >= 0.6 is 27.5 Å². The highest BCUT2D eigenvalue weighted by molar-refractivity contribution is 9.10. The highest BCUT2D eigenvalue weighted by atomic mass is 79.9. The van der Waals surface area contributed by atoms with Crippen molar-refractivity contribution in [3.8, 4) is 5.75 Å². The molecule has 18 heavy (non-hydrogen) atoms. The summed E-state index contributed by atoms with van der Waals surface area (Å²) in [5.74, 6) is 0.784. The van der Waals surface area contributed by atoms with E-state index in [1.807, 2.05) is 42.5 Å². The summed E-state index contributed by atoms with van der Waals surface area (Å²) >= 11 is 9.50. The van der Waals surface area contributed by atoms with Crippen LogP contribution in [0.1, 0.15) is 11.1 Å². The van der Waals surface area contributed by atoms with Gasteiger partial charge < -0.3 is 10.5 Å². The van der Waals surface area contributed by atoms with Gasteiger partial charge in [-0.25, -0.2) is 0 Å². The van der Waals surface area contributed by atoms with Crippen LogP contribution in [0.15, 0.2) is 46.9 Å². The predicted molar refractivity (Wildman–Crippen MR) is 77.8 cm³/mol. The monoisotopic (exact) mass is 325 g/mol. The molecule has 4 heteroatoms. The molecule has 2 nitrogen and oxygen atoms in total. The molecular formula is C14H13BrClNO. The highest BCUT2D eigenvalue weighted by Crippen LogP contribution is 2.25. The Hall–Kier alpha value is -1.03. The van der Waals surface area contributed by atoms with Gasteiger partial charge >= 0.3 is 0 Å². The van der Waals surface area contributed by atoms with E-state index in [0.29, 0.717) is 18.2 Å². The first-order chi connectivity index (χ1) is 8.70. The van der Waals surface area contributed by atoms with Crippen LogP contribution < -0.4 is 10.5 Å². The Morgan fingerprint density at radius 2 is 1.89 bits per heavy atom. The van der Waals surface area contributed by atoms with E-state index in [2.05, 4.69) is 15.9 Å². The molecule has 0 saturated carbocycles. The van der Waals surface area contributed by atoms with E-state index < -0.39 is 0 Å². The molecule has 0 aliphatic heterocycles. The Labute approximate surface area is 120 Å². The molecular weight excluding hydrogens is 314 g/mol. The minimum Gasteiger partial charge on any atom is -0.488 e. The summed E-state index contributed by atoms with van der Waals surface area (Å²) in [5, 5.41) is 0.710. The number of benzene rings is 2. The second kappa shape index (κ2) is 6.23. The molecule has 2 N–H and O–H groups in total. The maximum Gasteiger partial charge on any atom is 0.125 e. The summed E-state index contributed by atoms with van der Waals surface area (Å²) in [6.45, 7) is 0.883. The number of hydrogen-bond donors (Lipinski definition) is 1. The van der Waals surface area contributed by atoms with Crippen molar-refractivity contribution < 1.29 is 4.74 Å². The second-order valence-electron chi connectivity index (χ2n) is 3.84. The van der Waals surface area contributed by atoms with Crippen molar-refractivity contribution in [2.24, 2.45) is 5.73 Å². The molecule has 94 valence electrons. The zero-order valence-electron chi connectivity index (χ0n) is 9.70. The van der Waals surface area contributed by atoms with Gasteiger partial charge in [-0.3, -0.25) is 0 Å². The van der Waals surface area contributed by atoms with Gasteiger partial charge in [-0.2, -0.15) is 0 Å². The lowest BCUT2D eigenvalue weighted by atomic mass is 10.2. The molecule has 0 fully saturated rings. The molecule has 0 aliphatic carbocycles. The van der Waals surface area contributed by atoms with E-state index in [1.165, 1.54) is 0 Å². The van der Waals surface area contributed by atoms with Crippen molar-refractivity contribution in [3.05, 3.63) is 63.1 Å². The first-order valence-corrected chi connectivity index (χ1v) is 6.72. The lowest BCUT2D eigenvalue weighted by molar-refractivity contribution is 0.303. The topological polar surface area (TPSA) is 35.2 Å². The fraction of sp³-hybridized carbons (Fsp3) is 0.143. The van der Waals surface area contributed by atoms with Crippen LogP contribution in [0.2, 0.25) is 5.02 Å². The van der Waals surface area contributed by atoms with Crippen molar-refractivity contribution in [3.63, 3.8) is 0 Å². The average molecular weight is 327 g/mol. The van der Waals surface area contributed by atoms with Crippen LogP contribution in [0.3, 0.4) is 0 Å². The maximum atomic E-state index is 6.08. The van der Waals surface area contributed by atoms with Gasteiger partial charge in [0.15, 0.2) is 0 Å². The minimum atomic E-state index is 0.434. The van der Waals surface area contributed by atoms with E-state index in [1.54, 1.807) is 0 Å². The van der Waals surface area contributed by atoms with Crippen LogP contribution in [0.5, 0.6) is 5.75 Å². The molecule has 2 aromatic rings. The van der Waals surface area contributed by atoms with Crippen molar-refractivity contribution >= 4 is 27.5 Å². The van der Waals surface area contributed by atoms with Gasteiger partial charge in [0.25, 0.3) is 0 Å². The lowest BCUT2D eigenvalue weighted by Gasteiger charge is -2.11. The van der Waals surface area contributed by atoms with Gasteiger partial charge in [0, 0.05) is 27.2 Å². The van der Waals surface area contributed by atoms with Gasteiger partial charge in [0.2, 0.25) is 0 Å². The molecule has 0 bridgehead atoms. The molecule has 0 atom stereocenters. The lowest BCUT2D eigenvalue weighted by Crippen LogP contribution is -2.03. The van der Waals surface area contributed by atoms with Gasteiger partial charge in [-0.15, -0.1) is 0 Å². The first kappa shape index (κ1) is 13.4. The van der Waals surface area contributed by atoms with Crippen LogP contribution in [0.4, 0.5) is 0 Å². The molecule has 0 aromatic heterocycles. The predicted octanol–water partition coefficient (Wildman–Crippen LogP) is 4.14. The van der Waals surface area contributed by atoms with E-state index in [9.17, 15) is 0 Å². The minimum absolute atomic E-state index is 0.434. The van der Waals surface area contributed by atoms with Crippen LogP contribution in [-0.2, 0) is 13.2 Å². The smallest absolute Gasteiger partial charge is 0.125 e. The van der Waals surface area contributed by atoms with Crippen molar-refractivity contribution in [1.29, 1.82) is 0 Å². The summed E-state index contributed by atoms with van der Waals surface area (Å²) in [5.41, 5.74) is 7.62. The largest absolute Gasteiger partial charge is 0.488 e. The zero-order valence-corrected chi connectivity index (χ0v) is 12.0. The van der Waals surface area contributed by atoms with Crippen LogP contribution in [0.25, 0.3) is 0 Å². The molecule has 2 rings (SSSR count). The average Bonchev–Trinajstić information content (AvgIpc) is 2.38. The fourth-order valence-electron chi connectivity index (χ4n) is 1.60. The van der Waals surface area contributed by atoms with Gasteiger partial charge in [-0.05, 0) is 18.2 Å². The maximum absolute atomic E-state index is 6.08. The number of hydrogen-bond acceptors (Lipinski definition) is 2. The van der Waals surface area contributed by atoms with E-state index in [-0.39, 0.29) is 0 Å². The molecule has 0 heterocycles. The number of halogens is 2. The van der Waals surface area contributed by atoms with Crippen molar-refractivity contribution in [2.75, 3.05) is 0 Å². The Morgan fingerprint density at radius 1 is 1.11 bits per heavy atom. The summed E-state index contributed by atoms with van der Waals surface area (Å²) in [6.07, 6.45) is 0. The normalized spacial score (nSPS) is 10.4. The summed E-state index contributed by atoms with van der Waals surface area (Å²) in [7, 11) is 0. The Kier molecular flexibility index (Phi) is 4.64. The summed E-state index contributed by atoms with van der Waals surface area (Å²) < 4.78 is 6.75. The van der Waals surface area contributed by atoms with Crippen LogP contribution in [-0.4, -0.2) is 0 Å². The third kappa shape index (κ3) is 3.25. The molecule has 0 unspecified atom stereocenters. The highest BCUT2D eigenvalue weighted by Gasteiger charge is 2.05. The number of ether oxygens (including phenoxy) is 1. The molecule has 0 radical (unpaired) electrons. The molecule has 0 amide bonds. The number of nitrogens with two attached hydrogens (primary N) is 1. The fourth-order valence-corrected chi connectivity index (χ4v) is 2.13. The summed E-state index contributed by atoms with van der Waals surface area (Å²) in [6, 6.07) is 13.5. The second-order valence-corrected chi connectivity index (χ2v) is 5.16. The molecule has 0 aliphatic rings. The Bertz CT molecular complexity index is 545. The van der Waals surface area contributed by atoms with Crippen molar-refractivity contribution in [2.45, 2.75) is 13.2 Å². The zero-order chi connectivity index (χ0) is 13.0. The standard InChI is InChI=1S/C14H13BrClNO/c15-12-6-5-10(8-17)14(7-12)18-9-11-3-1-2-4-13(11)16/h1-7H,8-9,17H2. The SMILES string of the molecule is NCc1ccc(Br)cc1OCc1ccccc1Cl. The van der Waals surface area contributed by atoms with E-state index in [4.69, 9.17) is 22.1 Å². The van der Waals surface area contributed by atoms with Gasteiger partial charge in [-0.1, -0.05) is 51.8 Å². The van der Waals surface area contributed by atoms with Crippen molar-refractivity contribution in [1.82, 2.24) is 0 Å². The molecule has 2 aromatic carbocycles. The van der Waals surface area contributed by atoms with E-state index in [0.717, 1.165) is 21.3 Å². The van der Waals surface area contributed by atoms with E-state index >= 15 is 0 Å². The third-order valence-electron chi connectivity index (χ3n) is 2.59.